The molecular formula is C21H21Cl2N3O2. The van der Waals surface area contributed by atoms with E-state index in [0.717, 1.165) is 42.9 Å². The Labute approximate surface area is 174 Å². The molecule has 1 aromatic carbocycles. The monoisotopic (exact) mass is 417 g/mol. The molecule has 146 valence electrons. The van der Waals surface area contributed by atoms with E-state index < -0.39 is 5.91 Å². The van der Waals surface area contributed by atoms with Crippen LogP contribution in [0.4, 0.5) is 5.69 Å². The molecule has 0 radical (unpaired) electrons. The molecule has 1 atom stereocenters. The van der Waals surface area contributed by atoms with Crippen LogP contribution in [-0.4, -0.2) is 23.2 Å². The minimum Gasteiger partial charge on any atom is -0.376 e. The summed E-state index contributed by atoms with van der Waals surface area (Å²) in [5.74, 6) is -0.496. The van der Waals surface area contributed by atoms with Crippen molar-refractivity contribution >= 4 is 40.9 Å². The molecule has 1 aromatic heterocycles. The Morgan fingerprint density at radius 3 is 2.79 bits per heavy atom. The number of nitriles is 1. The number of nitrogens with one attached hydrogen (secondary N) is 1. The van der Waals surface area contributed by atoms with Crippen molar-refractivity contribution in [3.05, 3.63) is 56.8 Å². The Balaban J connectivity index is 1.80. The van der Waals surface area contributed by atoms with Crippen molar-refractivity contribution in [2.75, 3.05) is 11.9 Å². The van der Waals surface area contributed by atoms with Gasteiger partial charge in [-0.2, -0.15) is 5.26 Å². The van der Waals surface area contributed by atoms with Crippen LogP contribution in [0.5, 0.6) is 0 Å². The van der Waals surface area contributed by atoms with Crippen molar-refractivity contribution in [3.8, 4) is 6.07 Å². The van der Waals surface area contributed by atoms with E-state index in [4.69, 9.17) is 27.9 Å². The molecule has 0 bridgehead atoms. The number of amides is 1. The second kappa shape index (κ2) is 8.83. The normalized spacial score (nSPS) is 16.8. The minimum atomic E-state index is -0.496. The molecule has 0 saturated carbocycles. The van der Waals surface area contributed by atoms with Crippen molar-refractivity contribution < 1.29 is 9.53 Å². The number of anilines is 1. The second-order valence-corrected chi connectivity index (χ2v) is 7.64. The zero-order valence-corrected chi connectivity index (χ0v) is 17.3. The molecule has 0 spiro atoms. The highest BCUT2D eigenvalue weighted by molar-refractivity contribution is 6.42. The van der Waals surface area contributed by atoms with Crippen LogP contribution in [0.15, 0.2) is 29.8 Å². The van der Waals surface area contributed by atoms with Crippen molar-refractivity contribution in [2.45, 2.75) is 39.3 Å². The van der Waals surface area contributed by atoms with Gasteiger partial charge in [-0.05, 0) is 62.6 Å². The van der Waals surface area contributed by atoms with E-state index in [-0.39, 0.29) is 11.7 Å². The summed E-state index contributed by atoms with van der Waals surface area (Å²) in [4.78, 5) is 12.5. The molecular weight excluding hydrogens is 397 g/mol. The van der Waals surface area contributed by atoms with Gasteiger partial charge in [-0.1, -0.05) is 23.2 Å². The minimum absolute atomic E-state index is 0.0171. The summed E-state index contributed by atoms with van der Waals surface area (Å²) in [6.45, 7) is 5.59. The van der Waals surface area contributed by atoms with Crippen molar-refractivity contribution in [2.24, 2.45) is 0 Å². The third-order valence-electron chi connectivity index (χ3n) is 4.87. The SMILES string of the molecule is Cc1cc(/C=C(\C#N)C(=O)Nc2ccc(Cl)c(Cl)c2)c(C)n1C[C@@H]1CCCO1. The first-order chi connectivity index (χ1) is 13.4. The van der Waals surface area contributed by atoms with Gasteiger partial charge in [0.2, 0.25) is 0 Å². The Kier molecular flexibility index (Phi) is 6.46. The molecule has 0 aliphatic carbocycles. The Hall–Kier alpha value is -2.26. The summed E-state index contributed by atoms with van der Waals surface area (Å²) in [5.41, 5.74) is 3.41. The molecule has 5 nitrogen and oxygen atoms in total. The van der Waals surface area contributed by atoms with Gasteiger partial charge in [0.25, 0.3) is 5.91 Å². The van der Waals surface area contributed by atoms with E-state index in [1.807, 2.05) is 26.0 Å². The van der Waals surface area contributed by atoms with Crippen LogP contribution in [0.1, 0.15) is 29.8 Å². The van der Waals surface area contributed by atoms with E-state index in [1.54, 1.807) is 24.3 Å². The number of nitrogens with zero attached hydrogens (tertiary/aromatic N) is 2. The fourth-order valence-electron chi connectivity index (χ4n) is 3.32. The van der Waals surface area contributed by atoms with E-state index in [9.17, 15) is 10.1 Å². The molecule has 1 aliphatic rings. The largest absolute Gasteiger partial charge is 0.376 e. The van der Waals surface area contributed by atoms with Crippen molar-refractivity contribution in [1.82, 2.24) is 4.57 Å². The lowest BCUT2D eigenvalue weighted by molar-refractivity contribution is -0.112. The molecule has 2 aromatic rings. The van der Waals surface area contributed by atoms with Gasteiger partial charge in [-0.15, -0.1) is 0 Å². The second-order valence-electron chi connectivity index (χ2n) is 6.82. The topological polar surface area (TPSA) is 67.0 Å². The number of carbonyl (C=O) groups is 1. The van der Waals surface area contributed by atoms with Gasteiger partial charge >= 0.3 is 0 Å². The van der Waals surface area contributed by atoms with Crippen molar-refractivity contribution in [3.63, 3.8) is 0 Å². The number of benzene rings is 1. The third kappa shape index (κ3) is 4.59. The van der Waals surface area contributed by atoms with Crippen LogP contribution in [0.2, 0.25) is 10.0 Å². The van der Waals surface area contributed by atoms with Gasteiger partial charge in [0.15, 0.2) is 0 Å². The van der Waals surface area contributed by atoms with E-state index in [0.29, 0.717) is 15.7 Å². The lowest BCUT2D eigenvalue weighted by Crippen LogP contribution is -2.17. The molecule has 1 saturated heterocycles. The number of aromatic nitrogens is 1. The van der Waals surface area contributed by atoms with E-state index in [1.165, 1.54) is 0 Å². The molecule has 7 heteroatoms. The molecule has 1 fully saturated rings. The van der Waals surface area contributed by atoms with Crippen molar-refractivity contribution in [1.29, 1.82) is 5.26 Å². The fourth-order valence-corrected chi connectivity index (χ4v) is 3.62. The molecule has 28 heavy (non-hydrogen) atoms. The Bertz CT molecular complexity index is 967. The maximum Gasteiger partial charge on any atom is 0.266 e. The zero-order valence-electron chi connectivity index (χ0n) is 15.8. The zero-order chi connectivity index (χ0) is 20.3. The molecule has 1 N–H and O–H groups in total. The van der Waals surface area contributed by atoms with Crippen LogP contribution < -0.4 is 5.32 Å². The average Bonchev–Trinajstić information content (AvgIpc) is 3.26. The number of halogens is 2. The van der Waals surface area contributed by atoms with Crippen LogP contribution in [0, 0.1) is 25.2 Å². The highest BCUT2D eigenvalue weighted by Crippen LogP contribution is 2.26. The lowest BCUT2D eigenvalue weighted by Gasteiger charge is -2.14. The van der Waals surface area contributed by atoms with Crippen LogP contribution in [-0.2, 0) is 16.1 Å². The maximum absolute atomic E-state index is 12.5. The first kappa shape index (κ1) is 20.5. The number of hydrogen-bond donors (Lipinski definition) is 1. The molecule has 2 heterocycles. The highest BCUT2D eigenvalue weighted by atomic mass is 35.5. The first-order valence-electron chi connectivity index (χ1n) is 9.05. The summed E-state index contributed by atoms with van der Waals surface area (Å²) < 4.78 is 7.90. The molecule has 1 amide bonds. The van der Waals surface area contributed by atoms with Gasteiger partial charge in [-0.25, -0.2) is 0 Å². The smallest absolute Gasteiger partial charge is 0.266 e. The quantitative estimate of drug-likeness (QED) is 0.540. The predicted octanol–water partition coefficient (Wildman–Crippen LogP) is 5.14. The summed E-state index contributed by atoms with van der Waals surface area (Å²) in [7, 11) is 0. The summed E-state index contributed by atoms with van der Waals surface area (Å²) in [6, 6.07) is 8.73. The van der Waals surface area contributed by atoms with Crippen LogP contribution in [0.3, 0.4) is 0 Å². The summed E-state index contributed by atoms with van der Waals surface area (Å²) >= 11 is 11.9. The van der Waals surface area contributed by atoms with Gasteiger partial charge < -0.3 is 14.6 Å². The number of aryl methyl sites for hydroxylation is 1. The number of rotatable bonds is 5. The van der Waals surface area contributed by atoms with Gasteiger partial charge in [0.1, 0.15) is 11.6 Å². The van der Waals surface area contributed by atoms with Crippen LogP contribution in [0.25, 0.3) is 6.08 Å². The molecule has 1 aliphatic heterocycles. The van der Waals surface area contributed by atoms with Gasteiger partial charge in [-0.3, -0.25) is 4.79 Å². The fraction of sp³-hybridized carbons (Fsp3) is 0.333. The first-order valence-corrected chi connectivity index (χ1v) is 9.81. The van der Waals surface area contributed by atoms with Crippen LogP contribution >= 0.6 is 23.2 Å². The Morgan fingerprint density at radius 2 is 2.14 bits per heavy atom. The number of hydrogen-bond acceptors (Lipinski definition) is 3. The Morgan fingerprint density at radius 1 is 1.36 bits per heavy atom. The standard InChI is InChI=1S/C21H21Cl2N3O2/c1-13-8-15(14(2)26(13)12-18-4-3-7-28-18)9-16(11-24)21(27)25-17-5-6-19(22)20(23)10-17/h5-6,8-10,18H,3-4,7,12H2,1-2H3,(H,25,27)/b16-9+/t18-/m0/s1. The summed E-state index contributed by atoms with van der Waals surface area (Å²) in [6.07, 6.45) is 3.97. The summed E-state index contributed by atoms with van der Waals surface area (Å²) in [5, 5.41) is 12.9. The molecule has 0 unspecified atom stereocenters. The van der Waals surface area contributed by atoms with E-state index in [2.05, 4.69) is 9.88 Å². The number of carbonyl (C=O) groups excluding carboxylic acids is 1. The van der Waals surface area contributed by atoms with Gasteiger partial charge in [0.05, 0.1) is 16.1 Å². The highest BCUT2D eigenvalue weighted by Gasteiger charge is 2.19. The van der Waals surface area contributed by atoms with Gasteiger partial charge in [0, 0.05) is 30.2 Å². The maximum atomic E-state index is 12.5. The molecule has 3 rings (SSSR count). The van der Waals surface area contributed by atoms with E-state index >= 15 is 0 Å². The predicted molar refractivity (Wildman–Crippen MR) is 112 cm³/mol. The third-order valence-corrected chi connectivity index (χ3v) is 5.60. The average molecular weight is 418 g/mol. The number of ether oxygens (including phenoxy) is 1. The lowest BCUT2D eigenvalue weighted by atomic mass is 10.1.